The fourth-order valence-electron chi connectivity index (χ4n) is 2.32. The summed E-state index contributed by atoms with van der Waals surface area (Å²) in [5.74, 6) is 0.237. The van der Waals surface area contributed by atoms with Crippen LogP contribution in [0, 0.1) is 0 Å². The molecular weight excluding hydrogens is 224 g/mol. The smallest absolute Gasteiger partial charge is 0.148 e. The highest BCUT2D eigenvalue weighted by Gasteiger charge is 2.20. The molecule has 0 aromatic heterocycles. The van der Waals surface area contributed by atoms with Crippen LogP contribution < -0.4 is 5.32 Å². The quantitative estimate of drug-likeness (QED) is 0.769. The van der Waals surface area contributed by atoms with Crippen molar-refractivity contribution in [2.45, 2.75) is 38.8 Å². The first-order valence-electron chi connectivity index (χ1n) is 6.07. The fourth-order valence-corrected chi connectivity index (χ4v) is 3.32. The number of hydrogen-bond donors (Lipinski definition) is 1. The Morgan fingerprint density at radius 1 is 1.38 bits per heavy atom. The third kappa shape index (κ3) is 5.27. The first-order valence-corrected chi connectivity index (χ1v) is 8.13. The molecule has 1 atom stereocenters. The van der Waals surface area contributed by atoms with Gasteiger partial charge in [0.1, 0.15) is 9.84 Å². The molecule has 1 rings (SSSR count). The minimum atomic E-state index is -2.86. The van der Waals surface area contributed by atoms with Gasteiger partial charge in [0.15, 0.2) is 0 Å². The Labute approximate surface area is 99.3 Å². The van der Waals surface area contributed by atoms with E-state index in [4.69, 9.17) is 0 Å². The van der Waals surface area contributed by atoms with Crippen molar-refractivity contribution in [3.8, 4) is 0 Å². The van der Waals surface area contributed by atoms with Crippen molar-refractivity contribution in [3.05, 3.63) is 0 Å². The molecule has 0 aromatic rings. The van der Waals surface area contributed by atoms with Gasteiger partial charge in [-0.2, -0.15) is 0 Å². The highest BCUT2D eigenvalue weighted by Crippen LogP contribution is 2.10. The summed E-state index contributed by atoms with van der Waals surface area (Å²) in [4.78, 5) is 2.43. The minimum Gasteiger partial charge on any atom is -0.310 e. The lowest BCUT2D eigenvalue weighted by Crippen LogP contribution is -2.47. The van der Waals surface area contributed by atoms with Crippen LogP contribution in [0.3, 0.4) is 0 Å². The molecule has 1 N–H and O–H groups in total. The molecule has 16 heavy (non-hydrogen) atoms. The second kappa shape index (κ2) is 5.98. The average molecular weight is 248 g/mol. The molecule has 96 valence electrons. The van der Waals surface area contributed by atoms with E-state index in [9.17, 15) is 8.42 Å². The Bertz CT molecular complexity index is 295. The topological polar surface area (TPSA) is 49.4 Å². The number of sulfone groups is 1. The van der Waals surface area contributed by atoms with Crippen molar-refractivity contribution in [2.75, 3.05) is 31.6 Å². The van der Waals surface area contributed by atoms with Crippen LogP contribution in [0.4, 0.5) is 0 Å². The van der Waals surface area contributed by atoms with Gasteiger partial charge in [-0.1, -0.05) is 6.92 Å². The normalized spacial score (nSPS) is 22.2. The zero-order chi connectivity index (χ0) is 12.2. The van der Waals surface area contributed by atoms with Crippen LogP contribution in [0.2, 0.25) is 0 Å². The lowest BCUT2D eigenvalue weighted by Gasteiger charge is -2.33. The molecule has 0 aliphatic carbocycles. The van der Waals surface area contributed by atoms with Crippen LogP contribution in [0.5, 0.6) is 0 Å². The largest absolute Gasteiger partial charge is 0.310 e. The predicted octanol–water partition coefficient (Wildman–Crippen LogP) is 0.493. The molecule has 1 fully saturated rings. The number of likely N-dealkylation sites (tertiary alicyclic amines) is 1. The molecule has 0 bridgehead atoms. The maximum absolute atomic E-state index is 11.1. The predicted molar refractivity (Wildman–Crippen MR) is 67.4 cm³/mol. The zero-order valence-corrected chi connectivity index (χ0v) is 11.4. The Morgan fingerprint density at radius 2 is 1.94 bits per heavy atom. The van der Waals surface area contributed by atoms with E-state index >= 15 is 0 Å². The van der Waals surface area contributed by atoms with Crippen molar-refractivity contribution in [3.63, 3.8) is 0 Å². The highest BCUT2D eigenvalue weighted by atomic mass is 32.2. The van der Waals surface area contributed by atoms with Crippen LogP contribution in [0.25, 0.3) is 0 Å². The molecule has 0 amide bonds. The van der Waals surface area contributed by atoms with Crippen LogP contribution in [0.1, 0.15) is 26.7 Å². The van der Waals surface area contributed by atoms with E-state index in [-0.39, 0.29) is 11.8 Å². The molecule has 1 unspecified atom stereocenters. The number of piperidine rings is 1. The van der Waals surface area contributed by atoms with Crippen molar-refractivity contribution in [2.24, 2.45) is 0 Å². The van der Waals surface area contributed by atoms with Crippen molar-refractivity contribution >= 4 is 9.84 Å². The third-order valence-corrected chi connectivity index (χ3v) is 4.21. The molecule has 1 saturated heterocycles. The highest BCUT2D eigenvalue weighted by molar-refractivity contribution is 7.90. The van der Waals surface area contributed by atoms with Gasteiger partial charge in [0, 0.05) is 18.3 Å². The standard InChI is InChI=1S/C11H24N2O2S/c1-4-13-7-5-11(6-8-13)12-10(2)9-16(3,14)15/h10-12H,4-9H2,1-3H3. The van der Waals surface area contributed by atoms with Crippen molar-refractivity contribution < 1.29 is 8.42 Å². The van der Waals surface area contributed by atoms with E-state index in [0.29, 0.717) is 6.04 Å². The summed E-state index contributed by atoms with van der Waals surface area (Å²) in [6.45, 7) is 7.50. The summed E-state index contributed by atoms with van der Waals surface area (Å²) in [6, 6.07) is 0.549. The first-order chi connectivity index (χ1) is 7.40. The summed E-state index contributed by atoms with van der Waals surface area (Å²) in [7, 11) is -2.86. The number of nitrogens with zero attached hydrogens (tertiary/aromatic N) is 1. The van der Waals surface area contributed by atoms with Crippen molar-refractivity contribution in [1.82, 2.24) is 10.2 Å². The summed E-state index contributed by atoms with van der Waals surface area (Å²) in [6.07, 6.45) is 3.55. The van der Waals surface area contributed by atoms with Gasteiger partial charge in [-0.05, 0) is 39.4 Å². The van der Waals surface area contributed by atoms with Crippen LogP contribution in [0.15, 0.2) is 0 Å². The van der Waals surface area contributed by atoms with Crippen LogP contribution >= 0.6 is 0 Å². The molecular formula is C11H24N2O2S. The Kier molecular flexibility index (Phi) is 5.21. The van der Waals surface area contributed by atoms with E-state index in [2.05, 4.69) is 17.1 Å². The zero-order valence-electron chi connectivity index (χ0n) is 10.6. The second-order valence-electron chi connectivity index (χ2n) is 4.87. The van der Waals surface area contributed by atoms with Gasteiger partial charge in [-0.3, -0.25) is 0 Å². The van der Waals surface area contributed by atoms with Crippen LogP contribution in [-0.4, -0.2) is 57.0 Å². The maximum atomic E-state index is 11.1. The van der Waals surface area contributed by atoms with Gasteiger partial charge in [-0.15, -0.1) is 0 Å². The number of nitrogens with one attached hydrogen (secondary N) is 1. The lowest BCUT2D eigenvalue weighted by molar-refractivity contribution is 0.202. The summed E-state index contributed by atoms with van der Waals surface area (Å²) >= 11 is 0. The van der Waals surface area contributed by atoms with Gasteiger partial charge >= 0.3 is 0 Å². The van der Waals surface area contributed by atoms with Gasteiger partial charge in [0.25, 0.3) is 0 Å². The molecule has 5 heteroatoms. The molecule has 4 nitrogen and oxygen atoms in total. The van der Waals surface area contributed by atoms with Gasteiger partial charge in [0.2, 0.25) is 0 Å². The van der Waals surface area contributed by atoms with E-state index in [0.717, 1.165) is 32.5 Å². The second-order valence-corrected chi connectivity index (χ2v) is 7.05. The third-order valence-electron chi connectivity index (χ3n) is 3.11. The summed E-state index contributed by atoms with van der Waals surface area (Å²) < 4.78 is 22.3. The molecule has 1 aliphatic rings. The fraction of sp³-hybridized carbons (Fsp3) is 1.00. The number of rotatable bonds is 5. The van der Waals surface area contributed by atoms with E-state index in [1.165, 1.54) is 6.26 Å². The van der Waals surface area contributed by atoms with Gasteiger partial charge in [0.05, 0.1) is 5.75 Å². The minimum absolute atomic E-state index is 0.0631. The lowest BCUT2D eigenvalue weighted by atomic mass is 10.0. The summed E-state index contributed by atoms with van der Waals surface area (Å²) in [5.41, 5.74) is 0. The van der Waals surface area contributed by atoms with Crippen LogP contribution in [-0.2, 0) is 9.84 Å². The van der Waals surface area contributed by atoms with E-state index in [1.54, 1.807) is 0 Å². The maximum Gasteiger partial charge on any atom is 0.148 e. The SMILES string of the molecule is CCN1CCC(NC(C)CS(C)(=O)=O)CC1. The van der Waals surface area contributed by atoms with Gasteiger partial charge < -0.3 is 10.2 Å². The molecule has 0 spiro atoms. The number of hydrogen-bond acceptors (Lipinski definition) is 4. The van der Waals surface area contributed by atoms with Crippen molar-refractivity contribution in [1.29, 1.82) is 0 Å². The van der Waals surface area contributed by atoms with E-state index in [1.807, 2.05) is 6.92 Å². The average Bonchev–Trinajstić information content (AvgIpc) is 2.16. The Hall–Kier alpha value is -0.130. The van der Waals surface area contributed by atoms with Gasteiger partial charge in [-0.25, -0.2) is 8.42 Å². The first kappa shape index (κ1) is 13.9. The molecule has 1 heterocycles. The Balaban J connectivity index is 2.28. The molecule has 0 radical (unpaired) electrons. The molecule has 0 saturated carbocycles. The summed E-state index contributed by atoms with van der Waals surface area (Å²) in [5, 5.41) is 3.41. The molecule has 1 aliphatic heterocycles. The Morgan fingerprint density at radius 3 is 2.38 bits per heavy atom. The molecule has 0 aromatic carbocycles. The van der Waals surface area contributed by atoms with E-state index < -0.39 is 9.84 Å². The monoisotopic (exact) mass is 248 g/mol.